The highest BCUT2D eigenvalue weighted by Gasteiger charge is 2.41. The monoisotopic (exact) mass is 471 g/mol. The molecule has 3 rings (SSSR count). The second-order valence-corrected chi connectivity index (χ2v) is 11.0. The Morgan fingerprint density at radius 1 is 1.16 bits per heavy atom. The van der Waals surface area contributed by atoms with Crippen molar-refractivity contribution >= 4 is 27.5 Å². The molecule has 0 unspecified atom stereocenters. The van der Waals surface area contributed by atoms with Crippen molar-refractivity contribution < 1.29 is 17.9 Å². The van der Waals surface area contributed by atoms with Gasteiger partial charge >= 0.3 is 0 Å². The van der Waals surface area contributed by atoms with E-state index in [2.05, 4.69) is 10.2 Å². The molecule has 1 saturated heterocycles. The summed E-state index contributed by atoms with van der Waals surface area (Å²) >= 11 is 6.02. The Balaban J connectivity index is 1.69. The van der Waals surface area contributed by atoms with Gasteiger partial charge in [0, 0.05) is 43.3 Å². The van der Waals surface area contributed by atoms with E-state index in [1.807, 2.05) is 6.92 Å². The fourth-order valence-electron chi connectivity index (χ4n) is 4.84. The highest BCUT2D eigenvalue weighted by Crippen LogP contribution is 2.34. The van der Waals surface area contributed by atoms with Gasteiger partial charge in [-0.2, -0.15) is 4.31 Å². The number of nitrogens with one attached hydrogen (secondary N) is 1. The summed E-state index contributed by atoms with van der Waals surface area (Å²) in [5, 5.41) is 3.65. The first-order valence-electron chi connectivity index (χ1n) is 11.2. The van der Waals surface area contributed by atoms with Gasteiger partial charge in [-0.1, -0.05) is 37.8 Å². The lowest BCUT2D eigenvalue weighted by molar-refractivity contribution is 0.0240. The molecule has 0 radical (unpaired) electrons. The van der Waals surface area contributed by atoms with Crippen LogP contribution in [-0.4, -0.2) is 74.7 Å². The van der Waals surface area contributed by atoms with Gasteiger partial charge in [0.2, 0.25) is 10.0 Å². The van der Waals surface area contributed by atoms with Gasteiger partial charge in [-0.15, -0.1) is 0 Å². The smallest absolute Gasteiger partial charge is 0.255 e. The van der Waals surface area contributed by atoms with Crippen molar-refractivity contribution in [2.45, 2.75) is 51.0 Å². The second-order valence-electron chi connectivity index (χ2n) is 8.51. The fraction of sp³-hybridized carbons (Fsp3) is 0.682. The van der Waals surface area contributed by atoms with Crippen LogP contribution in [0, 0.1) is 0 Å². The number of ether oxygens (including phenoxy) is 1. The highest BCUT2D eigenvalue weighted by atomic mass is 35.5. The average molecular weight is 472 g/mol. The number of carbonyl (C=O) groups is 1. The summed E-state index contributed by atoms with van der Waals surface area (Å²) in [5.41, 5.74) is 0.335. The number of nitrogens with zero attached hydrogens (tertiary/aromatic N) is 2. The van der Waals surface area contributed by atoms with Crippen molar-refractivity contribution in [3.05, 3.63) is 28.8 Å². The van der Waals surface area contributed by atoms with Crippen molar-refractivity contribution in [3.63, 3.8) is 0 Å². The lowest BCUT2D eigenvalue weighted by atomic mass is 9.79. The van der Waals surface area contributed by atoms with Gasteiger partial charge in [0.25, 0.3) is 5.91 Å². The molecule has 7 nitrogen and oxygen atoms in total. The Bertz CT molecular complexity index is 864. The molecule has 1 aliphatic heterocycles. The number of methoxy groups -OCH3 is 1. The Kier molecular flexibility index (Phi) is 8.24. The van der Waals surface area contributed by atoms with Crippen molar-refractivity contribution in [2.24, 2.45) is 0 Å². The molecule has 1 aliphatic carbocycles. The van der Waals surface area contributed by atoms with Crippen LogP contribution in [0.25, 0.3) is 0 Å². The molecule has 2 aliphatic rings. The van der Waals surface area contributed by atoms with Gasteiger partial charge in [0.1, 0.15) is 5.75 Å². The maximum Gasteiger partial charge on any atom is 0.255 e. The Morgan fingerprint density at radius 3 is 2.45 bits per heavy atom. The van der Waals surface area contributed by atoms with Crippen molar-refractivity contribution in [1.29, 1.82) is 0 Å². The zero-order valence-electron chi connectivity index (χ0n) is 18.5. The average Bonchev–Trinajstić information content (AvgIpc) is 2.78. The van der Waals surface area contributed by atoms with E-state index in [4.69, 9.17) is 16.3 Å². The maximum absolute atomic E-state index is 12.9. The largest absolute Gasteiger partial charge is 0.496 e. The summed E-state index contributed by atoms with van der Waals surface area (Å²) in [6.45, 7) is 4.86. The van der Waals surface area contributed by atoms with E-state index in [0.717, 1.165) is 25.7 Å². The molecule has 1 amide bonds. The molecule has 1 heterocycles. The number of carbonyl (C=O) groups excluding carboxylic acids is 1. The number of rotatable bonds is 8. The first kappa shape index (κ1) is 24.3. The number of hydrogen-bond acceptors (Lipinski definition) is 5. The van der Waals surface area contributed by atoms with Gasteiger partial charge in [0.15, 0.2) is 0 Å². The Hall–Kier alpha value is -1.35. The molecule has 174 valence electrons. The second kappa shape index (κ2) is 10.5. The molecule has 0 spiro atoms. The third-order valence-electron chi connectivity index (χ3n) is 6.54. The van der Waals surface area contributed by atoms with E-state index in [1.165, 1.54) is 13.5 Å². The number of hydrogen-bond donors (Lipinski definition) is 1. The van der Waals surface area contributed by atoms with Gasteiger partial charge in [0.05, 0.1) is 18.4 Å². The maximum atomic E-state index is 12.9. The summed E-state index contributed by atoms with van der Waals surface area (Å²) in [5.74, 6) is 0.483. The van der Waals surface area contributed by atoms with E-state index in [9.17, 15) is 13.2 Å². The third kappa shape index (κ3) is 5.72. The Labute approximate surface area is 191 Å². The quantitative estimate of drug-likeness (QED) is 0.630. The third-order valence-corrected chi connectivity index (χ3v) is 8.85. The van der Waals surface area contributed by atoms with Crippen LogP contribution in [-0.2, 0) is 10.0 Å². The summed E-state index contributed by atoms with van der Waals surface area (Å²) in [6, 6.07) is 5.01. The standard InChI is InChI=1S/C22H34ClN3O4S/c1-3-15-31(28,29)26-13-11-25(12-14-26)22(9-5-4-6-10-22)17-24-21(27)19-8-7-18(23)16-20(19)30-2/h7-8,16H,3-6,9-15,17H2,1-2H3,(H,24,27). The van der Waals surface area contributed by atoms with E-state index in [0.29, 0.717) is 55.5 Å². The fourth-order valence-corrected chi connectivity index (χ4v) is 6.49. The minimum atomic E-state index is -3.17. The van der Waals surface area contributed by atoms with E-state index >= 15 is 0 Å². The SMILES string of the molecule is CCCS(=O)(=O)N1CCN(C2(CNC(=O)c3ccc(Cl)cc3OC)CCCCC2)CC1. The molecule has 31 heavy (non-hydrogen) atoms. The first-order chi connectivity index (χ1) is 14.8. The molecule has 1 saturated carbocycles. The predicted octanol–water partition coefficient (Wildman–Crippen LogP) is 3.14. The molecular weight excluding hydrogens is 438 g/mol. The normalized spacial score (nSPS) is 20.4. The van der Waals surface area contributed by atoms with Crippen molar-refractivity contribution in [2.75, 3.05) is 45.6 Å². The predicted molar refractivity (Wildman–Crippen MR) is 123 cm³/mol. The molecule has 0 atom stereocenters. The van der Waals surface area contributed by atoms with Crippen LogP contribution in [0.15, 0.2) is 18.2 Å². The van der Waals surface area contributed by atoms with Crippen LogP contribution < -0.4 is 10.1 Å². The van der Waals surface area contributed by atoms with Crippen LogP contribution >= 0.6 is 11.6 Å². The van der Waals surface area contributed by atoms with Crippen LogP contribution in [0.5, 0.6) is 5.75 Å². The number of halogens is 1. The van der Waals surface area contributed by atoms with Gasteiger partial charge in [-0.25, -0.2) is 8.42 Å². The van der Waals surface area contributed by atoms with E-state index in [-0.39, 0.29) is 17.2 Å². The Morgan fingerprint density at radius 2 is 1.84 bits per heavy atom. The first-order valence-corrected chi connectivity index (χ1v) is 13.1. The topological polar surface area (TPSA) is 79.0 Å². The molecule has 0 bridgehead atoms. The molecule has 1 aromatic carbocycles. The van der Waals surface area contributed by atoms with Crippen LogP contribution in [0.3, 0.4) is 0 Å². The van der Waals surface area contributed by atoms with Gasteiger partial charge in [-0.3, -0.25) is 9.69 Å². The van der Waals surface area contributed by atoms with Crippen LogP contribution in [0.2, 0.25) is 5.02 Å². The molecule has 1 aromatic rings. The van der Waals surface area contributed by atoms with Gasteiger partial charge in [-0.05, 0) is 37.5 Å². The lowest BCUT2D eigenvalue weighted by Crippen LogP contribution is -2.62. The number of sulfonamides is 1. The molecule has 0 aromatic heterocycles. The van der Waals surface area contributed by atoms with E-state index in [1.54, 1.807) is 22.5 Å². The number of benzene rings is 1. The summed E-state index contributed by atoms with van der Waals surface area (Å²) in [7, 11) is -1.64. The van der Waals surface area contributed by atoms with Crippen LogP contribution in [0.1, 0.15) is 55.8 Å². The van der Waals surface area contributed by atoms with Crippen molar-refractivity contribution in [1.82, 2.24) is 14.5 Å². The lowest BCUT2D eigenvalue weighted by Gasteiger charge is -2.49. The number of piperazine rings is 1. The minimum absolute atomic E-state index is 0.131. The molecule has 2 fully saturated rings. The summed E-state index contributed by atoms with van der Waals surface area (Å²) in [4.78, 5) is 15.3. The summed E-state index contributed by atoms with van der Waals surface area (Å²) < 4.78 is 31.8. The zero-order valence-corrected chi connectivity index (χ0v) is 20.1. The minimum Gasteiger partial charge on any atom is -0.496 e. The van der Waals surface area contributed by atoms with Crippen LogP contribution in [0.4, 0.5) is 0 Å². The highest BCUT2D eigenvalue weighted by molar-refractivity contribution is 7.89. The zero-order chi connectivity index (χ0) is 22.5. The summed E-state index contributed by atoms with van der Waals surface area (Å²) in [6.07, 6.45) is 6.08. The van der Waals surface area contributed by atoms with Crippen molar-refractivity contribution in [3.8, 4) is 5.75 Å². The molecule has 1 N–H and O–H groups in total. The molecular formula is C22H34ClN3O4S. The number of amides is 1. The van der Waals surface area contributed by atoms with E-state index < -0.39 is 10.0 Å². The molecule has 9 heteroatoms. The van der Waals surface area contributed by atoms with Gasteiger partial charge < -0.3 is 10.1 Å².